The Bertz CT molecular complexity index is 1000. The largest absolute Gasteiger partial charge is 0.491 e. The number of hydrogen-bond donors (Lipinski definition) is 0. The van der Waals surface area contributed by atoms with Gasteiger partial charge in [0.25, 0.3) is 5.91 Å². The van der Waals surface area contributed by atoms with Gasteiger partial charge in [0.05, 0.1) is 12.7 Å². The van der Waals surface area contributed by atoms with Gasteiger partial charge < -0.3 is 14.2 Å². The number of imide groups is 1. The van der Waals surface area contributed by atoms with Crippen molar-refractivity contribution < 1.29 is 28.6 Å². The number of benzene rings is 2. The molecule has 0 bridgehead atoms. The fourth-order valence-corrected chi connectivity index (χ4v) is 3.29. The molecule has 2 amide bonds. The van der Waals surface area contributed by atoms with Crippen molar-refractivity contribution in [2.75, 3.05) is 7.11 Å². The normalized spacial score (nSPS) is 15.9. The second-order valence-corrected chi connectivity index (χ2v) is 8.42. The molecule has 1 aliphatic heterocycles. The Hall–Kier alpha value is -3.61. The minimum atomic E-state index is -0.736. The molecule has 1 heterocycles. The van der Waals surface area contributed by atoms with Crippen LogP contribution in [-0.2, 0) is 32.0 Å². The second-order valence-electron chi connectivity index (χ2n) is 8.42. The molecule has 0 aromatic heterocycles. The Labute approximate surface area is 187 Å². The molecule has 0 fully saturated rings. The van der Waals surface area contributed by atoms with Crippen LogP contribution >= 0.6 is 0 Å². The number of carbonyl (C=O) groups is 3. The molecule has 0 N–H and O–H groups in total. The summed E-state index contributed by atoms with van der Waals surface area (Å²) in [4.78, 5) is 38.2. The molecule has 0 radical (unpaired) electrons. The molecule has 1 aliphatic rings. The van der Waals surface area contributed by atoms with E-state index in [-0.39, 0.29) is 6.61 Å². The summed E-state index contributed by atoms with van der Waals surface area (Å²) in [7, 11) is 1.33. The highest BCUT2D eigenvalue weighted by Crippen LogP contribution is 2.27. The van der Waals surface area contributed by atoms with Crippen molar-refractivity contribution in [1.29, 1.82) is 0 Å². The summed E-state index contributed by atoms with van der Waals surface area (Å²) in [5.41, 5.74) is 1.46. The molecule has 0 unspecified atom stereocenters. The van der Waals surface area contributed by atoms with Crippen molar-refractivity contribution in [3.05, 3.63) is 83.1 Å². The van der Waals surface area contributed by atoms with Gasteiger partial charge in [-0.25, -0.2) is 14.5 Å². The predicted octanol–water partition coefficient (Wildman–Crippen LogP) is 4.26. The summed E-state index contributed by atoms with van der Waals surface area (Å²) in [5, 5.41) is 0. The summed E-state index contributed by atoms with van der Waals surface area (Å²) in [6, 6.07) is 15.7. The van der Waals surface area contributed by atoms with Crippen molar-refractivity contribution in [2.45, 2.75) is 45.4 Å². The van der Waals surface area contributed by atoms with Crippen LogP contribution in [0.2, 0.25) is 0 Å². The molecule has 7 nitrogen and oxygen atoms in total. The van der Waals surface area contributed by atoms with Gasteiger partial charge in [-0.3, -0.25) is 4.79 Å². The number of esters is 1. The third-order valence-electron chi connectivity index (χ3n) is 4.79. The Morgan fingerprint density at radius 3 is 2.22 bits per heavy atom. The molecule has 2 aromatic rings. The van der Waals surface area contributed by atoms with Crippen LogP contribution in [0.4, 0.5) is 4.79 Å². The van der Waals surface area contributed by atoms with E-state index in [0.717, 1.165) is 16.0 Å². The van der Waals surface area contributed by atoms with Crippen molar-refractivity contribution >= 4 is 18.0 Å². The molecule has 0 spiro atoms. The summed E-state index contributed by atoms with van der Waals surface area (Å²) in [6.07, 6.45) is 1.03. The molecule has 2 aromatic carbocycles. The van der Waals surface area contributed by atoms with Gasteiger partial charge in [0.2, 0.25) is 0 Å². The van der Waals surface area contributed by atoms with E-state index in [1.807, 2.05) is 30.3 Å². The van der Waals surface area contributed by atoms with Crippen molar-refractivity contribution in [1.82, 2.24) is 4.90 Å². The number of carbonyl (C=O) groups excluding carboxylic acids is 3. The van der Waals surface area contributed by atoms with Gasteiger partial charge in [-0.15, -0.1) is 0 Å². The summed E-state index contributed by atoms with van der Waals surface area (Å²) < 4.78 is 16.1. The fraction of sp³-hybridized carbons (Fsp3) is 0.320. The molecule has 0 saturated carbocycles. The fourth-order valence-electron chi connectivity index (χ4n) is 3.29. The van der Waals surface area contributed by atoms with E-state index < -0.39 is 29.6 Å². The van der Waals surface area contributed by atoms with E-state index in [4.69, 9.17) is 14.2 Å². The molecule has 32 heavy (non-hydrogen) atoms. The van der Waals surface area contributed by atoms with E-state index >= 15 is 0 Å². The zero-order valence-corrected chi connectivity index (χ0v) is 18.7. The van der Waals surface area contributed by atoms with E-state index in [1.54, 1.807) is 45.0 Å². The molecular formula is C25H27NO6. The van der Waals surface area contributed by atoms with Gasteiger partial charge >= 0.3 is 12.1 Å². The van der Waals surface area contributed by atoms with Crippen molar-refractivity contribution in [3.8, 4) is 0 Å². The van der Waals surface area contributed by atoms with Crippen LogP contribution in [0, 0.1) is 0 Å². The number of ether oxygens (including phenoxy) is 3. The lowest BCUT2D eigenvalue weighted by Gasteiger charge is -2.28. The van der Waals surface area contributed by atoms with Gasteiger partial charge in [0.1, 0.15) is 24.0 Å². The second kappa shape index (κ2) is 9.68. The van der Waals surface area contributed by atoms with Crippen LogP contribution < -0.4 is 0 Å². The first-order valence-electron chi connectivity index (χ1n) is 10.3. The van der Waals surface area contributed by atoms with Crippen molar-refractivity contribution in [2.24, 2.45) is 0 Å². The van der Waals surface area contributed by atoms with E-state index in [1.165, 1.54) is 13.2 Å². The number of hydrogen-bond acceptors (Lipinski definition) is 6. The first kappa shape index (κ1) is 23.1. The predicted molar refractivity (Wildman–Crippen MR) is 118 cm³/mol. The van der Waals surface area contributed by atoms with Gasteiger partial charge in [-0.05, 0) is 44.0 Å². The van der Waals surface area contributed by atoms with E-state index in [0.29, 0.717) is 17.7 Å². The molecular weight excluding hydrogens is 410 g/mol. The molecule has 168 valence electrons. The van der Waals surface area contributed by atoms with Gasteiger partial charge in [0.15, 0.2) is 0 Å². The minimum Gasteiger partial charge on any atom is -0.491 e. The highest BCUT2D eigenvalue weighted by atomic mass is 16.6. The maximum atomic E-state index is 12.8. The van der Waals surface area contributed by atoms with Crippen LogP contribution in [0.25, 0.3) is 0 Å². The van der Waals surface area contributed by atoms with Crippen LogP contribution in [0.1, 0.15) is 42.3 Å². The standard InChI is InChI=1S/C25H27NO6/c1-25(2,3)32-24(29)26-20(14-17-8-6-5-7-9-17)21(15-22(26)27)31-16-18-10-12-19(13-11-18)23(28)30-4/h5-13,15,20H,14,16H2,1-4H3/t20-/m0/s1. The highest BCUT2D eigenvalue weighted by molar-refractivity contribution is 6.02. The van der Waals surface area contributed by atoms with Crippen LogP contribution in [0.15, 0.2) is 66.4 Å². The molecule has 3 rings (SSSR count). The number of rotatable bonds is 6. The molecule has 0 saturated heterocycles. The smallest absolute Gasteiger partial charge is 0.418 e. The third kappa shape index (κ3) is 5.75. The maximum absolute atomic E-state index is 12.8. The third-order valence-corrected chi connectivity index (χ3v) is 4.79. The molecule has 0 aliphatic carbocycles. The summed E-state index contributed by atoms with van der Waals surface area (Å²) >= 11 is 0. The topological polar surface area (TPSA) is 82.1 Å². The Morgan fingerprint density at radius 2 is 1.62 bits per heavy atom. The van der Waals surface area contributed by atoms with Crippen molar-refractivity contribution in [3.63, 3.8) is 0 Å². The van der Waals surface area contributed by atoms with Gasteiger partial charge in [-0.1, -0.05) is 42.5 Å². The zero-order chi connectivity index (χ0) is 23.3. The Balaban J connectivity index is 1.78. The van der Waals surface area contributed by atoms with Gasteiger partial charge in [0, 0.05) is 12.5 Å². The summed E-state index contributed by atoms with van der Waals surface area (Å²) in [6.45, 7) is 5.43. The number of nitrogens with zero attached hydrogens (tertiary/aromatic N) is 1. The highest BCUT2D eigenvalue weighted by Gasteiger charge is 2.41. The number of amides is 2. The lowest BCUT2D eigenvalue weighted by molar-refractivity contribution is -0.125. The number of methoxy groups -OCH3 is 1. The van der Waals surface area contributed by atoms with E-state index in [2.05, 4.69) is 0 Å². The van der Waals surface area contributed by atoms with Crippen LogP contribution in [0.5, 0.6) is 0 Å². The average molecular weight is 437 g/mol. The van der Waals surface area contributed by atoms with Crippen LogP contribution in [0.3, 0.4) is 0 Å². The monoisotopic (exact) mass is 437 g/mol. The Morgan fingerprint density at radius 1 is 0.969 bits per heavy atom. The SMILES string of the molecule is COC(=O)c1ccc(COC2=CC(=O)N(C(=O)OC(C)(C)C)[C@H]2Cc2ccccc2)cc1. The maximum Gasteiger partial charge on any atom is 0.418 e. The zero-order valence-electron chi connectivity index (χ0n) is 18.7. The Kier molecular flexibility index (Phi) is 6.98. The first-order chi connectivity index (χ1) is 15.2. The lowest BCUT2D eigenvalue weighted by Crippen LogP contribution is -2.44. The average Bonchev–Trinajstić information content (AvgIpc) is 3.06. The van der Waals surface area contributed by atoms with E-state index in [9.17, 15) is 14.4 Å². The van der Waals surface area contributed by atoms with Crippen LogP contribution in [-0.4, -0.2) is 41.6 Å². The first-order valence-corrected chi connectivity index (χ1v) is 10.3. The van der Waals surface area contributed by atoms with Gasteiger partial charge in [-0.2, -0.15) is 0 Å². The summed E-state index contributed by atoms with van der Waals surface area (Å²) in [5.74, 6) is -0.504. The quantitative estimate of drug-likeness (QED) is 0.628. The molecule has 7 heteroatoms. The lowest BCUT2D eigenvalue weighted by atomic mass is 10.0. The molecule has 1 atom stereocenters. The minimum absolute atomic E-state index is 0.175.